The summed E-state index contributed by atoms with van der Waals surface area (Å²) in [4.78, 5) is 2.39. The molecule has 2 aliphatic rings. The van der Waals surface area contributed by atoms with Crippen molar-refractivity contribution < 1.29 is 0 Å². The van der Waals surface area contributed by atoms with Crippen LogP contribution < -0.4 is 4.90 Å². The van der Waals surface area contributed by atoms with E-state index in [9.17, 15) is 0 Å². The molecule has 0 aliphatic heterocycles. The van der Waals surface area contributed by atoms with Gasteiger partial charge >= 0.3 is 0 Å². The fourth-order valence-corrected chi connectivity index (χ4v) is 9.59. The molecule has 2 bridgehead atoms. The van der Waals surface area contributed by atoms with Crippen molar-refractivity contribution in [1.29, 1.82) is 0 Å². The summed E-state index contributed by atoms with van der Waals surface area (Å²) in [6, 6.07) is 52.2. The van der Waals surface area contributed by atoms with E-state index in [1.165, 1.54) is 72.7 Å². The number of fused-ring (bicyclic) bond motifs is 6. The highest BCUT2D eigenvalue weighted by molar-refractivity contribution is 6.28. The van der Waals surface area contributed by atoms with E-state index in [4.69, 9.17) is 0 Å². The van der Waals surface area contributed by atoms with Gasteiger partial charge in [-0.1, -0.05) is 124 Å². The Bertz CT molecular complexity index is 2470. The lowest BCUT2D eigenvalue weighted by molar-refractivity contribution is 0.231. The molecule has 0 saturated heterocycles. The van der Waals surface area contributed by atoms with Crippen LogP contribution in [0.1, 0.15) is 50.7 Å². The van der Waals surface area contributed by atoms with Crippen molar-refractivity contribution in [3.8, 4) is 11.1 Å². The lowest BCUT2D eigenvalue weighted by Gasteiger charge is -2.35. The van der Waals surface area contributed by atoms with Crippen LogP contribution in [0.4, 0.5) is 17.1 Å². The molecule has 226 valence electrons. The van der Waals surface area contributed by atoms with E-state index in [2.05, 4.69) is 165 Å². The summed E-state index contributed by atoms with van der Waals surface area (Å²) >= 11 is 0. The van der Waals surface area contributed by atoms with Gasteiger partial charge in [-0.15, -0.1) is 0 Å². The maximum atomic E-state index is 2.54. The first-order valence-electron chi connectivity index (χ1n) is 17.1. The second-order valence-electron chi connectivity index (χ2n) is 14.8. The molecule has 0 radical (unpaired) electrons. The molecule has 10 rings (SSSR count). The minimum Gasteiger partial charge on any atom is -0.310 e. The van der Waals surface area contributed by atoms with Crippen molar-refractivity contribution in [1.82, 2.24) is 0 Å². The molecule has 1 saturated carbocycles. The fraction of sp³-hybridized carbons (Fsp3) is 0.174. The maximum absolute atomic E-state index is 2.54. The molecule has 47 heavy (non-hydrogen) atoms. The molecule has 8 aromatic rings. The number of hydrogen-bond acceptors (Lipinski definition) is 1. The van der Waals surface area contributed by atoms with Gasteiger partial charge in [0.25, 0.3) is 0 Å². The number of rotatable bonds is 4. The van der Waals surface area contributed by atoms with Crippen LogP contribution in [0.2, 0.25) is 0 Å². The fourth-order valence-electron chi connectivity index (χ4n) is 9.59. The average molecular weight is 604 g/mol. The highest BCUT2D eigenvalue weighted by Crippen LogP contribution is 2.68. The Balaban J connectivity index is 1.18. The second-order valence-corrected chi connectivity index (χ2v) is 14.8. The van der Waals surface area contributed by atoms with E-state index in [-0.39, 0.29) is 5.41 Å². The van der Waals surface area contributed by atoms with Gasteiger partial charge in [0.1, 0.15) is 0 Å². The van der Waals surface area contributed by atoms with Gasteiger partial charge in [-0.2, -0.15) is 0 Å². The summed E-state index contributed by atoms with van der Waals surface area (Å²) in [7, 11) is 0. The van der Waals surface area contributed by atoms with E-state index in [0.717, 1.165) is 11.4 Å². The van der Waals surface area contributed by atoms with E-state index in [1.807, 2.05) is 0 Å². The van der Waals surface area contributed by atoms with Gasteiger partial charge in [-0.05, 0) is 126 Å². The van der Waals surface area contributed by atoms with Gasteiger partial charge < -0.3 is 4.90 Å². The van der Waals surface area contributed by atoms with Crippen molar-refractivity contribution >= 4 is 60.2 Å². The van der Waals surface area contributed by atoms with E-state index in [0.29, 0.717) is 11.3 Å². The number of para-hydroxylation sites is 2. The summed E-state index contributed by atoms with van der Waals surface area (Å²) in [6.07, 6.45) is 2.62. The number of nitrogens with zero attached hydrogens (tertiary/aromatic N) is 1. The van der Waals surface area contributed by atoms with Crippen molar-refractivity contribution in [2.75, 3.05) is 4.90 Å². The Kier molecular flexibility index (Phi) is 5.44. The minimum atomic E-state index is 0.279. The molecule has 0 spiro atoms. The zero-order valence-corrected chi connectivity index (χ0v) is 27.2. The summed E-state index contributed by atoms with van der Waals surface area (Å²) in [5.41, 5.74) is 9.88. The molecular weight excluding hydrogens is 567 g/mol. The first-order chi connectivity index (χ1) is 22.9. The SMILES string of the molecule is CC12CCC(c3cc4cc(-c5ccc6ccc7c(N(c8ccccc8)c8ccccc8)ccc8ccc5c6c87)ccc4cc31)C2(C)C. The molecule has 0 aromatic heterocycles. The van der Waals surface area contributed by atoms with Gasteiger partial charge in [-0.3, -0.25) is 0 Å². The summed E-state index contributed by atoms with van der Waals surface area (Å²) in [5.74, 6) is 0.658. The Hall–Kier alpha value is -5.14. The highest BCUT2D eigenvalue weighted by Gasteiger charge is 2.59. The Morgan fingerprint density at radius 3 is 1.89 bits per heavy atom. The van der Waals surface area contributed by atoms with Crippen LogP contribution in [0.5, 0.6) is 0 Å². The van der Waals surface area contributed by atoms with Gasteiger partial charge in [0, 0.05) is 16.8 Å². The molecule has 1 heteroatoms. The number of hydrogen-bond donors (Lipinski definition) is 0. The van der Waals surface area contributed by atoms with Crippen LogP contribution in [-0.2, 0) is 5.41 Å². The second kappa shape index (κ2) is 9.46. The quantitative estimate of drug-likeness (QED) is 0.181. The summed E-state index contributed by atoms with van der Waals surface area (Å²) < 4.78 is 0. The third-order valence-electron chi connectivity index (χ3n) is 12.4. The zero-order chi connectivity index (χ0) is 31.5. The van der Waals surface area contributed by atoms with Crippen molar-refractivity contribution in [2.24, 2.45) is 5.41 Å². The molecule has 2 aliphatic carbocycles. The standard InChI is InChI=1S/C46H37N/c1-45(2)40-24-25-46(45,3)41-28-31-14-15-32(26-33(31)27-39(40)41)36-20-16-29-18-22-38-42(23-19-30-17-21-37(36)43(29)44(30)38)47(34-10-6-4-7-11-34)35-12-8-5-9-13-35/h4-23,26-28,40H,24-25H2,1-3H3. The highest BCUT2D eigenvalue weighted by atomic mass is 15.1. The monoisotopic (exact) mass is 603 g/mol. The maximum Gasteiger partial charge on any atom is 0.0540 e. The van der Waals surface area contributed by atoms with Gasteiger partial charge in [-0.25, -0.2) is 0 Å². The molecule has 1 fully saturated rings. The molecule has 0 heterocycles. The molecule has 2 unspecified atom stereocenters. The van der Waals surface area contributed by atoms with Crippen molar-refractivity contribution in [2.45, 2.75) is 44.9 Å². The molecular formula is C46H37N. The van der Waals surface area contributed by atoms with Crippen LogP contribution in [0.15, 0.2) is 140 Å². The predicted octanol–water partition coefficient (Wildman–Crippen LogP) is 13.0. The normalized spacial score (nSPS) is 19.7. The van der Waals surface area contributed by atoms with Crippen LogP contribution in [0, 0.1) is 5.41 Å². The lowest BCUT2D eigenvalue weighted by Crippen LogP contribution is -2.31. The van der Waals surface area contributed by atoms with Crippen molar-refractivity contribution in [3.05, 3.63) is 151 Å². The van der Waals surface area contributed by atoms with Crippen LogP contribution in [0.25, 0.3) is 54.2 Å². The van der Waals surface area contributed by atoms with E-state index >= 15 is 0 Å². The van der Waals surface area contributed by atoms with Gasteiger partial charge in [0.2, 0.25) is 0 Å². The molecule has 1 nitrogen and oxygen atoms in total. The minimum absolute atomic E-state index is 0.279. The Morgan fingerprint density at radius 2 is 1.17 bits per heavy atom. The van der Waals surface area contributed by atoms with Crippen LogP contribution in [-0.4, -0.2) is 0 Å². The van der Waals surface area contributed by atoms with Gasteiger partial charge in [0.05, 0.1) is 5.69 Å². The summed E-state index contributed by atoms with van der Waals surface area (Å²) in [6.45, 7) is 7.50. The third-order valence-corrected chi connectivity index (χ3v) is 12.4. The first-order valence-corrected chi connectivity index (χ1v) is 17.1. The topological polar surface area (TPSA) is 3.24 Å². The molecule has 0 N–H and O–H groups in total. The molecule has 8 aromatic carbocycles. The first kappa shape index (κ1) is 27.0. The van der Waals surface area contributed by atoms with Gasteiger partial charge in [0.15, 0.2) is 0 Å². The van der Waals surface area contributed by atoms with E-state index in [1.54, 1.807) is 11.1 Å². The van der Waals surface area contributed by atoms with Crippen molar-refractivity contribution in [3.63, 3.8) is 0 Å². The lowest BCUT2D eigenvalue weighted by atomic mass is 9.68. The molecule has 2 atom stereocenters. The predicted molar refractivity (Wildman–Crippen MR) is 201 cm³/mol. The summed E-state index contributed by atoms with van der Waals surface area (Å²) in [5, 5.41) is 10.6. The van der Waals surface area contributed by atoms with E-state index < -0.39 is 0 Å². The Labute approximate surface area is 276 Å². The largest absolute Gasteiger partial charge is 0.310 e. The Morgan fingerprint density at radius 1 is 0.553 bits per heavy atom. The average Bonchev–Trinajstić information content (AvgIpc) is 3.44. The third kappa shape index (κ3) is 3.60. The zero-order valence-electron chi connectivity index (χ0n) is 27.2. The molecule has 0 amide bonds. The smallest absolute Gasteiger partial charge is 0.0540 e. The van der Waals surface area contributed by atoms with Crippen LogP contribution >= 0.6 is 0 Å². The number of anilines is 3. The van der Waals surface area contributed by atoms with Crippen LogP contribution in [0.3, 0.4) is 0 Å². The number of benzene rings is 8.